The van der Waals surface area contributed by atoms with Crippen LogP contribution in [0, 0.1) is 6.92 Å². The summed E-state index contributed by atoms with van der Waals surface area (Å²) in [6, 6.07) is 3.14. The number of aromatic carboxylic acids is 1. The van der Waals surface area contributed by atoms with Gasteiger partial charge in [0, 0.05) is 13.2 Å². The summed E-state index contributed by atoms with van der Waals surface area (Å²) in [4.78, 5) is 14.5. The molecule has 8 nitrogen and oxygen atoms in total. The first-order valence-corrected chi connectivity index (χ1v) is 6.97. The van der Waals surface area contributed by atoms with E-state index in [1.165, 1.54) is 26.4 Å². The number of hydrogen-bond donors (Lipinski definition) is 2. The molecule has 106 valence electrons. The maximum absolute atomic E-state index is 12.5. The molecule has 0 aliphatic heterocycles. The quantitative estimate of drug-likeness (QED) is 0.855. The molecule has 0 fully saturated rings. The van der Waals surface area contributed by atoms with Crippen LogP contribution in [0.2, 0.25) is 0 Å². The molecule has 0 amide bonds. The number of carboxylic acids is 1. The number of pyridine rings is 1. The number of aryl methyl sites for hydroxylation is 1. The first kappa shape index (κ1) is 14.0. The molecule has 0 aromatic carbocycles. The molecule has 0 spiro atoms. The van der Waals surface area contributed by atoms with Crippen LogP contribution in [0.1, 0.15) is 16.2 Å². The third-order valence-corrected chi connectivity index (χ3v) is 4.67. The van der Waals surface area contributed by atoms with Gasteiger partial charge in [0.25, 0.3) is 10.0 Å². The average Bonchev–Trinajstić information content (AvgIpc) is 2.81. The van der Waals surface area contributed by atoms with Crippen molar-refractivity contribution in [3.8, 4) is 0 Å². The summed E-state index contributed by atoms with van der Waals surface area (Å²) >= 11 is 0. The predicted molar refractivity (Wildman–Crippen MR) is 70.1 cm³/mol. The normalized spacial score (nSPS) is 11.3. The Kier molecular flexibility index (Phi) is 3.45. The minimum absolute atomic E-state index is 0.165. The maximum Gasteiger partial charge on any atom is 0.357 e. The number of hydrogen-bond acceptors (Lipinski definition) is 5. The predicted octanol–water partition coefficient (Wildman–Crippen LogP) is 0.636. The second-order valence-electron chi connectivity index (χ2n) is 4.02. The number of H-pyrrole nitrogens is 1. The van der Waals surface area contributed by atoms with E-state index in [0.29, 0.717) is 5.69 Å². The highest BCUT2D eigenvalue weighted by atomic mass is 32.2. The highest BCUT2D eigenvalue weighted by Crippen LogP contribution is 2.25. The van der Waals surface area contributed by atoms with Gasteiger partial charge in [-0.2, -0.15) is 5.10 Å². The number of carboxylic acid groups (broad SMARTS) is 1. The van der Waals surface area contributed by atoms with E-state index in [2.05, 4.69) is 15.2 Å². The van der Waals surface area contributed by atoms with Crippen LogP contribution in [0.15, 0.2) is 29.4 Å². The third-order valence-electron chi connectivity index (χ3n) is 2.72. The maximum atomic E-state index is 12.5. The van der Waals surface area contributed by atoms with Crippen LogP contribution in [-0.2, 0) is 10.0 Å². The molecular weight excluding hydrogens is 284 g/mol. The van der Waals surface area contributed by atoms with Gasteiger partial charge in [0.2, 0.25) is 0 Å². The van der Waals surface area contributed by atoms with Crippen molar-refractivity contribution in [2.24, 2.45) is 0 Å². The summed E-state index contributed by atoms with van der Waals surface area (Å²) in [6.45, 7) is 1.45. The third kappa shape index (κ3) is 2.23. The van der Waals surface area contributed by atoms with E-state index in [4.69, 9.17) is 5.11 Å². The van der Waals surface area contributed by atoms with Crippen LogP contribution in [-0.4, -0.2) is 41.7 Å². The van der Waals surface area contributed by atoms with Crippen molar-refractivity contribution in [2.45, 2.75) is 11.8 Å². The van der Waals surface area contributed by atoms with Gasteiger partial charge in [-0.05, 0) is 19.1 Å². The second kappa shape index (κ2) is 4.93. The van der Waals surface area contributed by atoms with Gasteiger partial charge in [-0.15, -0.1) is 0 Å². The van der Waals surface area contributed by atoms with Crippen LogP contribution in [0.3, 0.4) is 0 Å². The first-order valence-electron chi connectivity index (χ1n) is 5.53. The summed E-state index contributed by atoms with van der Waals surface area (Å²) in [5.74, 6) is -1.41. The Labute approximate surface area is 115 Å². The lowest BCUT2D eigenvalue weighted by atomic mass is 10.4. The van der Waals surface area contributed by atoms with E-state index in [9.17, 15) is 13.2 Å². The van der Waals surface area contributed by atoms with Crippen molar-refractivity contribution in [1.82, 2.24) is 15.2 Å². The van der Waals surface area contributed by atoms with Crippen LogP contribution < -0.4 is 4.31 Å². The van der Waals surface area contributed by atoms with E-state index < -0.39 is 21.7 Å². The fourth-order valence-electron chi connectivity index (χ4n) is 1.70. The van der Waals surface area contributed by atoms with E-state index in [-0.39, 0.29) is 10.6 Å². The number of aromatic nitrogens is 3. The Morgan fingerprint density at radius 2 is 2.15 bits per heavy atom. The van der Waals surface area contributed by atoms with E-state index >= 15 is 0 Å². The summed E-state index contributed by atoms with van der Waals surface area (Å²) in [5, 5.41) is 14.9. The minimum Gasteiger partial charge on any atom is -0.476 e. The van der Waals surface area contributed by atoms with E-state index in [0.717, 1.165) is 4.31 Å². The zero-order valence-electron chi connectivity index (χ0n) is 10.7. The molecule has 0 aliphatic carbocycles. The molecule has 0 radical (unpaired) electrons. The molecule has 0 saturated heterocycles. The van der Waals surface area contributed by atoms with Crippen LogP contribution >= 0.6 is 0 Å². The first-order chi connectivity index (χ1) is 9.35. The van der Waals surface area contributed by atoms with Gasteiger partial charge in [-0.25, -0.2) is 13.2 Å². The smallest absolute Gasteiger partial charge is 0.357 e. The van der Waals surface area contributed by atoms with Crippen LogP contribution in [0.25, 0.3) is 0 Å². The highest BCUT2D eigenvalue weighted by Gasteiger charge is 2.31. The van der Waals surface area contributed by atoms with Crippen LogP contribution in [0.5, 0.6) is 0 Å². The minimum atomic E-state index is -4.04. The Bertz CT molecular complexity index is 739. The van der Waals surface area contributed by atoms with Gasteiger partial charge in [-0.3, -0.25) is 14.4 Å². The fraction of sp³-hybridized carbons (Fsp3) is 0.182. The lowest BCUT2D eigenvalue weighted by Gasteiger charge is -2.18. The number of sulfonamides is 1. The van der Waals surface area contributed by atoms with Gasteiger partial charge in [0.15, 0.2) is 5.69 Å². The molecule has 2 aromatic rings. The largest absolute Gasteiger partial charge is 0.476 e. The Balaban J connectivity index is 2.57. The molecule has 0 saturated carbocycles. The van der Waals surface area contributed by atoms with Crippen molar-refractivity contribution in [3.05, 3.63) is 35.9 Å². The standard InChI is InChI=1S/C11H12N4O4S/c1-7-10(9(11(16)17)14-13-7)20(18,19)15(2)8-4-3-5-12-6-8/h3-6H,1-2H3,(H,13,14)(H,16,17). The zero-order valence-corrected chi connectivity index (χ0v) is 11.5. The molecule has 0 unspecified atom stereocenters. The molecular formula is C11H12N4O4S. The van der Waals surface area contributed by atoms with Gasteiger partial charge >= 0.3 is 5.97 Å². The molecule has 2 aromatic heterocycles. The second-order valence-corrected chi connectivity index (χ2v) is 5.92. The number of nitrogens with one attached hydrogen (secondary N) is 1. The van der Waals surface area contributed by atoms with Gasteiger partial charge in [0.05, 0.1) is 17.6 Å². The lowest BCUT2D eigenvalue weighted by molar-refractivity contribution is 0.0686. The fourth-order valence-corrected chi connectivity index (χ4v) is 3.16. The Morgan fingerprint density at radius 3 is 2.70 bits per heavy atom. The number of nitrogens with zero attached hydrogens (tertiary/aromatic N) is 3. The van der Waals surface area contributed by atoms with Gasteiger partial charge in [-0.1, -0.05) is 0 Å². The zero-order chi connectivity index (χ0) is 14.9. The van der Waals surface area contributed by atoms with Crippen LogP contribution in [0.4, 0.5) is 5.69 Å². The molecule has 20 heavy (non-hydrogen) atoms. The summed E-state index contributed by atoms with van der Waals surface area (Å²) in [7, 11) is -2.71. The summed E-state index contributed by atoms with van der Waals surface area (Å²) < 4.78 is 26.0. The van der Waals surface area contributed by atoms with Crippen molar-refractivity contribution in [2.75, 3.05) is 11.4 Å². The van der Waals surface area contributed by atoms with E-state index in [1.54, 1.807) is 12.1 Å². The van der Waals surface area contributed by atoms with Gasteiger partial charge in [0.1, 0.15) is 4.90 Å². The number of rotatable bonds is 4. The molecule has 0 atom stereocenters. The number of carbonyl (C=O) groups is 1. The van der Waals surface area contributed by atoms with Gasteiger partial charge < -0.3 is 5.11 Å². The summed E-state index contributed by atoms with van der Waals surface area (Å²) in [5.41, 5.74) is -0.0409. The molecule has 9 heteroatoms. The molecule has 2 N–H and O–H groups in total. The van der Waals surface area contributed by atoms with Crippen molar-refractivity contribution < 1.29 is 18.3 Å². The molecule has 0 aliphatic rings. The Morgan fingerprint density at radius 1 is 1.45 bits per heavy atom. The highest BCUT2D eigenvalue weighted by molar-refractivity contribution is 7.93. The Hall–Kier alpha value is -2.42. The summed E-state index contributed by atoms with van der Waals surface area (Å²) in [6.07, 6.45) is 2.88. The van der Waals surface area contributed by atoms with Crippen molar-refractivity contribution >= 4 is 21.7 Å². The molecule has 2 heterocycles. The molecule has 0 bridgehead atoms. The lowest BCUT2D eigenvalue weighted by Crippen LogP contribution is -2.28. The number of aromatic amines is 1. The monoisotopic (exact) mass is 296 g/mol. The average molecular weight is 296 g/mol. The number of anilines is 1. The van der Waals surface area contributed by atoms with E-state index in [1.807, 2.05) is 0 Å². The molecule has 2 rings (SSSR count). The van der Waals surface area contributed by atoms with Crippen molar-refractivity contribution in [3.63, 3.8) is 0 Å². The van der Waals surface area contributed by atoms with Crippen molar-refractivity contribution in [1.29, 1.82) is 0 Å². The SMILES string of the molecule is Cc1[nH]nc(C(=O)O)c1S(=O)(=O)N(C)c1cccnc1. The topological polar surface area (TPSA) is 116 Å².